The van der Waals surface area contributed by atoms with Gasteiger partial charge in [-0.05, 0) is 19.3 Å². The summed E-state index contributed by atoms with van der Waals surface area (Å²) in [5.74, 6) is 0.885. The van der Waals surface area contributed by atoms with Crippen LogP contribution in [0.2, 0.25) is 10.0 Å². The number of benzene rings is 1. The van der Waals surface area contributed by atoms with E-state index in [1.165, 1.54) is 0 Å². The molecule has 1 aromatic carbocycles. The third kappa shape index (κ3) is 10.2. The monoisotopic (exact) mass is 430 g/mol. The predicted molar refractivity (Wildman–Crippen MR) is 102 cm³/mol. The molecular formula is C16H21Cl3O5S. The molecule has 0 saturated carbocycles. The van der Waals surface area contributed by atoms with Crippen molar-refractivity contribution in [2.75, 3.05) is 26.1 Å². The number of rotatable bonds is 12. The first-order chi connectivity index (χ1) is 11.7. The zero-order valence-corrected chi connectivity index (χ0v) is 17.0. The van der Waals surface area contributed by atoms with Crippen molar-refractivity contribution >= 4 is 44.9 Å². The van der Waals surface area contributed by atoms with Crippen molar-refractivity contribution in [1.29, 1.82) is 0 Å². The van der Waals surface area contributed by atoms with Gasteiger partial charge in [-0.3, -0.25) is 4.18 Å². The van der Waals surface area contributed by atoms with Crippen molar-refractivity contribution in [1.82, 2.24) is 0 Å². The average molecular weight is 432 g/mol. The Balaban J connectivity index is 2.31. The Hall–Kier alpha value is -0.660. The molecule has 1 aromatic rings. The summed E-state index contributed by atoms with van der Waals surface area (Å²) >= 11 is 18.0. The second-order valence-electron chi connectivity index (χ2n) is 5.31. The molecule has 0 saturated heterocycles. The molecule has 0 atom stereocenters. The minimum absolute atomic E-state index is 0.164. The van der Waals surface area contributed by atoms with E-state index in [9.17, 15) is 8.42 Å². The van der Waals surface area contributed by atoms with E-state index in [1.807, 2.05) is 0 Å². The highest BCUT2D eigenvalue weighted by Crippen LogP contribution is 2.37. The minimum Gasteiger partial charge on any atom is -0.490 e. The van der Waals surface area contributed by atoms with Crippen molar-refractivity contribution in [3.8, 4) is 11.5 Å². The molecular weight excluding hydrogens is 411 g/mol. The number of hydrogen-bond donors (Lipinski definition) is 0. The molecule has 0 heterocycles. The van der Waals surface area contributed by atoms with Gasteiger partial charge in [0.15, 0.2) is 5.75 Å². The summed E-state index contributed by atoms with van der Waals surface area (Å²) in [5, 5.41) is 1.07. The molecule has 0 fully saturated rings. The van der Waals surface area contributed by atoms with Crippen LogP contribution >= 0.6 is 34.8 Å². The summed E-state index contributed by atoms with van der Waals surface area (Å²) in [4.78, 5) is 0. The zero-order valence-electron chi connectivity index (χ0n) is 13.9. The van der Waals surface area contributed by atoms with Gasteiger partial charge in [0, 0.05) is 17.2 Å². The predicted octanol–water partition coefficient (Wildman–Crippen LogP) is 5.04. The van der Waals surface area contributed by atoms with E-state index < -0.39 is 10.1 Å². The van der Waals surface area contributed by atoms with Gasteiger partial charge in [0.1, 0.15) is 12.4 Å². The summed E-state index contributed by atoms with van der Waals surface area (Å²) in [7, 11) is -3.36. The maximum absolute atomic E-state index is 10.8. The highest BCUT2D eigenvalue weighted by atomic mass is 35.5. The highest BCUT2D eigenvalue weighted by Gasteiger charge is 2.11. The number of ether oxygens (including phenoxy) is 2. The smallest absolute Gasteiger partial charge is 0.264 e. The number of halogens is 3. The normalized spacial score (nSPS) is 11.4. The third-order valence-corrected chi connectivity index (χ3v) is 4.22. The molecule has 0 spiro atoms. The van der Waals surface area contributed by atoms with Crippen molar-refractivity contribution in [2.45, 2.75) is 25.7 Å². The summed E-state index contributed by atoms with van der Waals surface area (Å²) in [6, 6.07) is 3.20. The van der Waals surface area contributed by atoms with Crippen LogP contribution in [0.1, 0.15) is 25.7 Å². The Morgan fingerprint density at radius 1 is 1.04 bits per heavy atom. The maximum atomic E-state index is 10.8. The van der Waals surface area contributed by atoms with Crippen molar-refractivity contribution in [3.05, 3.63) is 33.8 Å². The Bertz CT molecular complexity index is 653. The number of hydrogen-bond acceptors (Lipinski definition) is 5. The zero-order chi connectivity index (χ0) is 18.9. The van der Waals surface area contributed by atoms with E-state index in [0.29, 0.717) is 39.6 Å². The van der Waals surface area contributed by atoms with Crippen LogP contribution in [0.3, 0.4) is 0 Å². The molecule has 0 radical (unpaired) electrons. The van der Waals surface area contributed by atoms with Crippen LogP contribution < -0.4 is 9.47 Å². The van der Waals surface area contributed by atoms with Crippen LogP contribution in [0.25, 0.3) is 0 Å². The molecule has 0 aromatic heterocycles. The molecule has 0 aliphatic carbocycles. The van der Waals surface area contributed by atoms with Gasteiger partial charge in [-0.1, -0.05) is 47.8 Å². The average Bonchev–Trinajstić information content (AvgIpc) is 2.48. The van der Waals surface area contributed by atoms with Crippen molar-refractivity contribution in [3.63, 3.8) is 0 Å². The molecule has 0 bridgehead atoms. The fourth-order valence-electron chi connectivity index (χ4n) is 1.86. The summed E-state index contributed by atoms with van der Waals surface area (Å²) in [5.41, 5.74) is 0. The first-order valence-electron chi connectivity index (χ1n) is 7.61. The lowest BCUT2D eigenvalue weighted by Gasteiger charge is -2.12. The topological polar surface area (TPSA) is 61.8 Å². The highest BCUT2D eigenvalue weighted by molar-refractivity contribution is 7.85. The van der Waals surface area contributed by atoms with Gasteiger partial charge in [0.05, 0.1) is 29.5 Å². The molecule has 9 heteroatoms. The van der Waals surface area contributed by atoms with E-state index in [4.69, 9.17) is 44.3 Å². The quantitative estimate of drug-likeness (QED) is 0.343. The standard InChI is InChI=1S/C16H21Cl3O5S/c1-12(17)11-23-13-9-14(18)16(15(19)10-13)22-7-5-3-4-6-8-24-25(2,20)21/h9-10H,1,3-8,11H2,2H3. The molecule has 0 unspecified atom stereocenters. The van der Waals surface area contributed by atoms with Crippen LogP contribution in [0.5, 0.6) is 11.5 Å². The Morgan fingerprint density at radius 3 is 2.12 bits per heavy atom. The van der Waals surface area contributed by atoms with Crippen LogP contribution in [-0.4, -0.2) is 34.5 Å². The first kappa shape index (κ1) is 22.4. The molecule has 0 amide bonds. The Kier molecular flexibility index (Phi) is 9.97. The molecule has 1 rings (SSSR count). The van der Waals surface area contributed by atoms with E-state index in [0.717, 1.165) is 25.5 Å². The molecule has 25 heavy (non-hydrogen) atoms. The van der Waals surface area contributed by atoms with Crippen molar-refractivity contribution in [2.24, 2.45) is 0 Å². The SMILES string of the molecule is C=C(Cl)COc1cc(Cl)c(OCCCCCCOS(C)(=O)=O)c(Cl)c1. The van der Waals surface area contributed by atoms with Crippen LogP contribution in [0, 0.1) is 0 Å². The summed E-state index contributed by atoms with van der Waals surface area (Å²) < 4.78 is 37.3. The van der Waals surface area contributed by atoms with Gasteiger partial charge < -0.3 is 9.47 Å². The lowest BCUT2D eigenvalue weighted by atomic mass is 10.2. The molecule has 142 valence electrons. The number of unbranched alkanes of at least 4 members (excludes halogenated alkanes) is 3. The van der Waals surface area contributed by atoms with Gasteiger partial charge >= 0.3 is 0 Å². The summed E-state index contributed by atoms with van der Waals surface area (Å²) in [6.07, 6.45) is 4.22. The largest absolute Gasteiger partial charge is 0.490 e. The van der Waals surface area contributed by atoms with Crippen LogP contribution in [-0.2, 0) is 14.3 Å². The van der Waals surface area contributed by atoms with Gasteiger partial charge in [-0.2, -0.15) is 8.42 Å². The lowest BCUT2D eigenvalue weighted by Crippen LogP contribution is -2.04. The van der Waals surface area contributed by atoms with Crippen molar-refractivity contribution < 1.29 is 22.1 Å². The maximum Gasteiger partial charge on any atom is 0.264 e. The Morgan fingerprint density at radius 2 is 1.60 bits per heavy atom. The van der Waals surface area contributed by atoms with Gasteiger partial charge in [0.25, 0.3) is 10.1 Å². The molecule has 5 nitrogen and oxygen atoms in total. The fraction of sp³-hybridized carbons (Fsp3) is 0.500. The third-order valence-electron chi connectivity index (χ3n) is 2.95. The Labute approximate surface area is 163 Å². The van der Waals surface area contributed by atoms with Crippen LogP contribution in [0.15, 0.2) is 23.7 Å². The molecule has 0 N–H and O–H groups in total. The molecule has 0 aliphatic rings. The fourth-order valence-corrected chi connectivity index (χ4v) is 2.91. The van der Waals surface area contributed by atoms with E-state index in [-0.39, 0.29) is 13.2 Å². The lowest BCUT2D eigenvalue weighted by molar-refractivity contribution is 0.290. The molecule has 0 aliphatic heterocycles. The summed E-state index contributed by atoms with van der Waals surface area (Å²) in [6.45, 7) is 4.35. The van der Waals surface area contributed by atoms with Gasteiger partial charge in [-0.15, -0.1) is 0 Å². The first-order valence-corrected chi connectivity index (χ1v) is 10.6. The second kappa shape index (κ2) is 11.1. The van der Waals surface area contributed by atoms with E-state index in [1.54, 1.807) is 12.1 Å². The second-order valence-corrected chi connectivity index (χ2v) is 8.30. The van der Waals surface area contributed by atoms with Gasteiger partial charge in [0.2, 0.25) is 0 Å². The minimum atomic E-state index is -3.36. The van der Waals surface area contributed by atoms with Crippen LogP contribution in [0.4, 0.5) is 0 Å². The van der Waals surface area contributed by atoms with Gasteiger partial charge in [-0.25, -0.2) is 0 Å². The van der Waals surface area contributed by atoms with E-state index >= 15 is 0 Å². The van der Waals surface area contributed by atoms with E-state index in [2.05, 4.69) is 10.8 Å².